The van der Waals surface area contributed by atoms with Crippen LogP contribution in [-0.2, 0) is 18.6 Å². The van der Waals surface area contributed by atoms with Gasteiger partial charge in [0, 0.05) is 16.9 Å². The van der Waals surface area contributed by atoms with Crippen molar-refractivity contribution in [2.45, 2.75) is 25.0 Å². The highest BCUT2D eigenvalue weighted by Gasteiger charge is 2.24. The number of aryl methyl sites for hydroxylation is 1. The van der Waals surface area contributed by atoms with Crippen molar-refractivity contribution in [3.63, 3.8) is 0 Å². The van der Waals surface area contributed by atoms with Crippen molar-refractivity contribution in [2.75, 3.05) is 11.6 Å². The van der Waals surface area contributed by atoms with Gasteiger partial charge in [0.25, 0.3) is 5.91 Å². The summed E-state index contributed by atoms with van der Waals surface area (Å²) in [5, 5.41) is 7.86. The van der Waals surface area contributed by atoms with Crippen molar-refractivity contribution in [3.05, 3.63) is 77.0 Å². The summed E-state index contributed by atoms with van der Waals surface area (Å²) in [4.78, 5) is 12.8. The first-order valence-electron chi connectivity index (χ1n) is 8.81. The van der Waals surface area contributed by atoms with Crippen LogP contribution in [0.2, 0.25) is 0 Å². The van der Waals surface area contributed by atoms with Crippen LogP contribution in [0.4, 0.5) is 5.82 Å². The zero-order valence-corrected chi connectivity index (χ0v) is 15.6. The molecule has 1 amide bonds. The van der Waals surface area contributed by atoms with Crippen molar-refractivity contribution in [3.8, 4) is 5.69 Å². The number of hydrogen-bond donors (Lipinski definition) is 1. The van der Waals surface area contributed by atoms with Crippen molar-refractivity contribution in [1.82, 2.24) is 9.78 Å². The summed E-state index contributed by atoms with van der Waals surface area (Å²) in [6, 6.07) is 17.8. The fourth-order valence-electron chi connectivity index (χ4n) is 3.37. The highest BCUT2D eigenvalue weighted by atomic mass is 32.2. The van der Waals surface area contributed by atoms with Gasteiger partial charge in [0.2, 0.25) is 0 Å². The second-order valence-electron chi connectivity index (χ2n) is 6.46. The fraction of sp³-hybridized carbons (Fsp3) is 0.238. The molecule has 26 heavy (non-hydrogen) atoms. The van der Waals surface area contributed by atoms with Gasteiger partial charge in [0.05, 0.1) is 11.4 Å². The largest absolute Gasteiger partial charge is 0.306 e. The molecule has 5 heteroatoms. The van der Waals surface area contributed by atoms with E-state index >= 15 is 0 Å². The molecule has 0 unspecified atom stereocenters. The highest BCUT2D eigenvalue weighted by molar-refractivity contribution is 7.97. The van der Waals surface area contributed by atoms with Gasteiger partial charge in [-0.3, -0.25) is 4.79 Å². The van der Waals surface area contributed by atoms with Gasteiger partial charge >= 0.3 is 0 Å². The van der Waals surface area contributed by atoms with E-state index in [-0.39, 0.29) is 5.91 Å². The van der Waals surface area contributed by atoms with Crippen LogP contribution in [0.15, 0.2) is 54.6 Å². The number of nitrogens with zero attached hydrogens (tertiary/aromatic N) is 2. The normalized spacial score (nSPS) is 12.8. The topological polar surface area (TPSA) is 46.9 Å². The predicted molar refractivity (Wildman–Crippen MR) is 107 cm³/mol. The Hall–Kier alpha value is -2.53. The fourth-order valence-corrected chi connectivity index (χ4v) is 3.90. The Morgan fingerprint density at radius 2 is 1.88 bits per heavy atom. The van der Waals surface area contributed by atoms with E-state index in [1.165, 1.54) is 11.1 Å². The molecule has 0 fully saturated rings. The van der Waals surface area contributed by atoms with Gasteiger partial charge in [0.1, 0.15) is 5.82 Å². The molecule has 0 saturated carbocycles. The number of anilines is 1. The minimum absolute atomic E-state index is 0.0903. The molecule has 4 nitrogen and oxygen atoms in total. The van der Waals surface area contributed by atoms with Crippen LogP contribution in [0.3, 0.4) is 0 Å². The second kappa shape index (κ2) is 7.38. The van der Waals surface area contributed by atoms with Crippen molar-refractivity contribution < 1.29 is 4.79 Å². The molecule has 0 saturated heterocycles. The van der Waals surface area contributed by atoms with Gasteiger partial charge in [-0.15, -0.1) is 0 Å². The first kappa shape index (κ1) is 16.9. The third-order valence-corrected chi connectivity index (χ3v) is 5.29. The minimum Gasteiger partial charge on any atom is -0.306 e. The zero-order valence-electron chi connectivity index (χ0n) is 14.7. The van der Waals surface area contributed by atoms with Crippen LogP contribution in [0.25, 0.3) is 5.69 Å². The molecule has 0 radical (unpaired) electrons. The molecule has 1 aliphatic rings. The quantitative estimate of drug-likeness (QED) is 0.727. The lowest BCUT2D eigenvalue weighted by Crippen LogP contribution is -2.16. The lowest BCUT2D eigenvalue weighted by atomic mass is 10.1. The average Bonchev–Trinajstić information content (AvgIpc) is 3.26. The molecule has 2 aromatic carbocycles. The maximum Gasteiger partial charge on any atom is 0.256 e. The summed E-state index contributed by atoms with van der Waals surface area (Å²) in [5.41, 5.74) is 5.12. The monoisotopic (exact) mass is 363 g/mol. The van der Waals surface area contributed by atoms with E-state index in [9.17, 15) is 4.79 Å². The molecule has 1 aromatic heterocycles. The molecule has 1 N–H and O–H groups in total. The number of thioether (sulfide) groups is 1. The van der Waals surface area contributed by atoms with E-state index in [1.54, 1.807) is 11.8 Å². The van der Waals surface area contributed by atoms with Crippen LogP contribution < -0.4 is 5.32 Å². The molecule has 3 aromatic rings. The van der Waals surface area contributed by atoms with Crippen molar-refractivity contribution >= 4 is 23.5 Å². The Bertz CT molecular complexity index is 916. The lowest BCUT2D eigenvalue weighted by Gasteiger charge is -2.11. The number of hydrogen-bond acceptors (Lipinski definition) is 3. The second-order valence-corrected chi connectivity index (χ2v) is 7.32. The van der Waals surface area contributed by atoms with Gasteiger partial charge in [-0.2, -0.15) is 16.9 Å². The molecule has 4 rings (SSSR count). The SMILES string of the molecule is CSCc1ccc(C(=O)Nc2c3c(nn2-c2ccccc2)CCC3)cc1. The van der Waals surface area contributed by atoms with E-state index in [4.69, 9.17) is 5.10 Å². The van der Waals surface area contributed by atoms with Crippen LogP contribution in [-0.4, -0.2) is 21.9 Å². The van der Waals surface area contributed by atoms with Crippen LogP contribution in [0, 0.1) is 0 Å². The number of nitrogens with one attached hydrogen (secondary N) is 1. The molecule has 0 aliphatic heterocycles. The van der Waals surface area contributed by atoms with Crippen LogP contribution >= 0.6 is 11.8 Å². The summed E-state index contributed by atoms with van der Waals surface area (Å²) in [7, 11) is 0. The summed E-state index contributed by atoms with van der Waals surface area (Å²) in [5.74, 6) is 1.67. The molecule has 0 spiro atoms. The first-order valence-corrected chi connectivity index (χ1v) is 10.2. The number of fused-ring (bicyclic) bond motifs is 1. The van der Waals surface area contributed by atoms with Gasteiger partial charge < -0.3 is 5.32 Å². The number of benzene rings is 2. The smallest absolute Gasteiger partial charge is 0.256 e. The molecule has 1 heterocycles. The molecular weight excluding hydrogens is 342 g/mol. The summed E-state index contributed by atoms with van der Waals surface area (Å²) < 4.78 is 1.86. The van der Waals surface area contributed by atoms with Crippen molar-refractivity contribution in [1.29, 1.82) is 0 Å². The third kappa shape index (κ3) is 3.27. The average molecular weight is 363 g/mol. The predicted octanol–water partition coefficient (Wildman–Crippen LogP) is 4.48. The van der Waals surface area contributed by atoms with Gasteiger partial charge in [-0.25, -0.2) is 4.68 Å². The van der Waals surface area contributed by atoms with Gasteiger partial charge in [-0.05, 0) is 55.3 Å². The highest BCUT2D eigenvalue weighted by Crippen LogP contribution is 2.31. The number of amides is 1. The Balaban J connectivity index is 1.64. The number of aromatic nitrogens is 2. The van der Waals surface area contributed by atoms with Crippen molar-refractivity contribution in [2.24, 2.45) is 0 Å². The molecular formula is C21H21N3OS. The molecule has 0 bridgehead atoms. The Morgan fingerprint density at radius 3 is 2.62 bits per heavy atom. The molecule has 1 aliphatic carbocycles. The Kier molecular flexibility index (Phi) is 4.80. The number of carbonyl (C=O) groups is 1. The van der Waals surface area contributed by atoms with Crippen LogP contribution in [0.1, 0.15) is 33.6 Å². The number of rotatable bonds is 5. The molecule has 132 valence electrons. The van der Waals surface area contributed by atoms with Gasteiger partial charge in [-0.1, -0.05) is 30.3 Å². The third-order valence-electron chi connectivity index (χ3n) is 4.67. The van der Waals surface area contributed by atoms with Gasteiger partial charge in [0.15, 0.2) is 0 Å². The van der Waals surface area contributed by atoms with E-state index in [2.05, 4.69) is 11.6 Å². The van der Waals surface area contributed by atoms with E-state index in [0.717, 1.165) is 42.2 Å². The Morgan fingerprint density at radius 1 is 1.12 bits per heavy atom. The number of para-hydroxylation sites is 1. The lowest BCUT2D eigenvalue weighted by molar-refractivity contribution is 0.102. The maximum atomic E-state index is 12.8. The zero-order chi connectivity index (χ0) is 17.9. The van der Waals surface area contributed by atoms with E-state index in [0.29, 0.717) is 5.56 Å². The van der Waals surface area contributed by atoms with E-state index < -0.39 is 0 Å². The summed E-state index contributed by atoms with van der Waals surface area (Å²) in [6.45, 7) is 0. The minimum atomic E-state index is -0.0903. The summed E-state index contributed by atoms with van der Waals surface area (Å²) >= 11 is 1.77. The maximum absolute atomic E-state index is 12.8. The molecule has 0 atom stereocenters. The van der Waals surface area contributed by atoms with Crippen LogP contribution in [0.5, 0.6) is 0 Å². The van der Waals surface area contributed by atoms with E-state index in [1.807, 2.05) is 59.3 Å². The Labute approximate surface area is 157 Å². The first-order chi connectivity index (χ1) is 12.8. The standard InChI is InChI=1S/C21H21N3OS/c1-26-14-15-10-12-16(13-11-15)21(25)22-20-18-8-5-9-19(18)23-24(20)17-6-3-2-4-7-17/h2-4,6-7,10-13H,5,8-9,14H2,1H3,(H,22,25). The number of carbonyl (C=O) groups excluding carboxylic acids is 1. The summed E-state index contributed by atoms with van der Waals surface area (Å²) in [6.07, 6.45) is 5.11.